The smallest absolute Gasteiger partial charge is 0.125 e. The van der Waals surface area contributed by atoms with Crippen molar-refractivity contribution in [2.45, 2.75) is 32.3 Å². The molecule has 1 N–H and O–H groups in total. The topological polar surface area (TPSA) is 46.0 Å². The van der Waals surface area contributed by atoms with E-state index in [1.807, 2.05) is 13.0 Å². The Morgan fingerprint density at radius 2 is 2.43 bits per heavy atom. The molecule has 0 aliphatic heterocycles. The van der Waals surface area contributed by atoms with Gasteiger partial charge in [0, 0.05) is 6.20 Å². The summed E-state index contributed by atoms with van der Waals surface area (Å²) in [5.41, 5.74) is 0.710. The van der Waals surface area contributed by atoms with Crippen LogP contribution < -0.4 is 0 Å². The fraction of sp³-hybridized carbons (Fsp3) is 0.455. The van der Waals surface area contributed by atoms with Gasteiger partial charge in [0.15, 0.2) is 0 Å². The molecule has 0 radical (unpaired) electrons. The van der Waals surface area contributed by atoms with Gasteiger partial charge in [0.05, 0.1) is 11.8 Å². The Kier molecular flexibility index (Phi) is 4.26. The zero-order valence-corrected chi connectivity index (χ0v) is 8.48. The summed E-state index contributed by atoms with van der Waals surface area (Å²) in [6.45, 7) is 5.46. The number of allylic oxidation sites excluding steroid dienone is 1. The Morgan fingerprint density at radius 3 is 3.07 bits per heavy atom. The van der Waals surface area contributed by atoms with Crippen LogP contribution in [0.4, 0.5) is 0 Å². The third-order valence-corrected chi connectivity index (χ3v) is 2.02. The minimum absolute atomic E-state index is 0.475. The van der Waals surface area contributed by atoms with Crippen LogP contribution in [-0.4, -0.2) is 15.1 Å². The summed E-state index contributed by atoms with van der Waals surface area (Å²) in [5.74, 6) is 0.699. The minimum Gasteiger partial charge on any atom is -0.387 e. The molecule has 0 aliphatic carbocycles. The third kappa shape index (κ3) is 3.26. The van der Waals surface area contributed by atoms with Gasteiger partial charge in [-0.05, 0) is 32.3 Å². The van der Waals surface area contributed by atoms with Gasteiger partial charge in [-0.25, -0.2) is 9.97 Å². The SMILES string of the molecule is C=CCCCC(O)c1ccnc(C)n1. The minimum atomic E-state index is -0.475. The standard InChI is InChI=1S/C11H16N2O/c1-3-4-5-6-11(14)10-7-8-12-9(2)13-10/h3,7-8,11,14H,1,4-6H2,2H3. The van der Waals surface area contributed by atoms with Crippen molar-refractivity contribution in [2.75, 3.05) is 0 Å². The van der Waals surface area contributed by atoms with Gasteiger partial charge < -0.3 is 5.11 Å². The van der Waals surface area contributed by atoms with E-state index in [1.165, 1.54) is 0 Å². The van der Waals surface area contributed by atoms with Crippen LogP contribution in [0.1, 0.15) is 36.9 Å². The van der Waals surface area contributed by atoms with Crippen LogP contribution in [0.5, 0.6) is 0 Å². The highest BCUT2D eigenvalue weighted by atomic mass is 16.3. The summed E-state index contributed by atoms with van der Waals surface area (Å²) < 4.78 is 0. The molecular weight excluding hydrogens is 176 g/mol. The Morgan fingerprint density at radius 1 is 1.64 bits per heavy atom. The van der Waals surface area contributed by atoms with Crippen molar-refractivity contribution in [3.8, 4) is 0 Å². The number of aromatic nitrogens is 2. The third-order valence-electron chi connectivity index (χ3n) is 2.02. The molecule has 76 valence electrons. The highest BCUT2D eigenvalue weighted by Gasteiger charge is 2.08. The van der Waals surface area contributed by atoms with Crippen molar-refractivity contribution in [3.63, 3.8) is 0 Å². The maximum Gasteiger partial charge on any atom is 0.125 e. The predicted octanol–water partition coefficient (Wildman–Crippen LogP) is 2.17. The lowest BCUT2D eigenvalue weighted by molar-refractivity contribution is 0.160. The van der Waals surface area contributed by atoms with E-state index < -0.39 is 6.10 Å². The van der Waals surface area contributed by atoms with Crippen LogP contribution in [0.25, 0.3) is 0 Å². The molecule has 14 heavy (non-hydrogen) atoms. The average Bonchev–Trinajstić information content (AvgIpc) is 2.18. The normalized spacial score (nSPS) is 12.4. The fourth-order valence-corrected chi connectivity index (χ4v) is 1.26. The lowest BCUT2D eigenvalue weighted by Crippen LogP contribution is -2.02. The summed E-state index contributed by atoms with van der Waals surface area (Å²) in [6, 6.07) is 1.76. The van der Waals surface area contributed by atoms with Crippen molar-refractivity contribution in [1.82, 2.24) is 9.97 Å². The summed E-state index contributed by atoms with van der Waals surface area (Å²) in [7, 11) is 0. The zero-order chi connectivity index (χ0) is 10.4. The number of aryl methyl sites for hydroxylation is 1. The molecule has 0 fully saturated rings. The van der Waals surface area contributed by atoms with E-state index in [9.17, 15) is 5.11 Å². The maximum atomic E-state index is 9.75. The number of nitrogens with zero attached hydrogens (tertiary/aromatic N) is 2. The quantitative estimate of drug-likeness (QED) is 0.574. The summed E-state index contributed by atoms with van der Waals surface area (Å²) in [6.07, 6.45) is 5.65. The van der Waals surface area contributed by atoms with Crippen LogP contribution >= 0.6 is 0 Å². The van der Waals surface area contributed by atoms with Crippen LogP contribution in [-0.2, 0) is 0 Å². The van der Waals surface area contributed by atoms with Gasteiger partial charge in [-0.2, -0.15) is 0 Å². The summed E-state index contributed by atoms with van der Waals surface area (Å²) in [4.78, 5) is 8.15. The van der Waals surface area contributed by atoms with E-state index in [4.69, 9.17) is 0 Å². The Balaban J connectivity index is 2.51. The molecule has 3 heteroatoms. The molecule has 1 unspecified atom stereocenters. The number of rotatable bonds is 5. The molecule has 0 aliphatic rings. The van der Waals surface area contributed by atoms with E-state index in [2.05, 4.69) is 16.5 Å². The fourth-order valence-electron chi connectivity index (χ4n) is 1.26. The highest BCUT2D eigenvalue weighted by Crippen LogP contribution is 2.16. The van der Waals surface area contributed by atoms with Crippen LogP contribution in [0.15, 0.2) is 24.9 Å². The molecular formula is C11H16N2O. The molecule has 1 heterocycles. The van der Waals surface area contributed by atoms with Crippen molar-refractivity contribution in [3.05, 3.63) is 36.4 Å². The predicted molar refractivity (Wildman–Crippen MR) is 55.8 cm³/mol. The maximum absolute atomic E-state index is 9.75. The zero-order valence-electron chi connectivity index (χ0n) is 8.48. The van der Waals surface area contributed by atoms with Gasteiger partial charge in [0.2, 0.25) is 0 Å². The van der Waals surface area contributed by atoms with E-state index in [-0.39, 0.29) is 0 Å². The number of hydrogen-bond donors (Lipinski definition) is 1. The van der Waals surface area contributed by atoms with Crippen LogP contribution in [0.2, 0.25) is 0 Å². The molecule has 0 aromatic carbocycles. The van der Waals surface area contributed by atoms with E-state index in [0.29, 0.717) is 11.5 Å². The van der Waals surface area contributed by atoms with Gasteiger partial charge in [-0.3, -0.25) is 0 Å². The molecule has 0 saturated heterocycles. The summed E-state index contributed by atoms with van der Waals surface area (Å²) in [5, 5.41) is 9.75. The van der Waals surface area contributed by atoms with Gasteiger partial charge >= 0.3 is 0 Å². The number of aliphatic hydroxyl groups is 1. The largest absolute Gasteiger partial charge is 0.387 e. The molecule has 0 saturated carbocycles. The first-order valence-electron chi connectivity index (χ1n) is 4.82. The van der Waals surface area contributed by atoms with E-state index in [0.717, 1.165) is 19.3 Å². The Bertz CT molecular complexity index is 299. The lowest BCUT2D eigenvalue weighted by atomic mass is 10.1. The van der Waals surface area contributed by atoms with E-state index in [1.54, 1.807) is 12.3 Å². The molecule has 0 spiro atoms. The van der Waals surface area contributed by atoms with Crippen molar-refractivity contribution >= 4 is 0 Å². The van der Waals surface area contributed by atoms with Gasteiger partial charge in [-0.15, -0.1) is 6.58 Å². The van der Waals surface area contributed by atoms with Crippen LogP contribution in [0.3, 0.4) is 0 Å². The van der Waals surface area contributed by atoms with Crippen molar-refractivity contribution < 1.29 is 5.11 Å². The molecule has 1 rings (SSSR count). The second-order valence-corrected chi connectivity index (χ2v) is 3.26. The van der Waals surface area contributed by atoms with E-state index >= 15 is 0 Å². The average molecular weight is 192 g/mol. The number of unbranched alkanes of at least 4 members (excludes halogenated alkanes) is 1. The van der Waals surface area contributed by atoms with Crippen LogP contribution in [0, 0.1) is 6.92 Å². The second-order valence-electron chi connectivity index (χ2n) is 3.26. The van der Waals surface area contributed by atoms with Gasteiger partial charge in [-0.1, -0.05) is 6.08 Å². The first-order chi connectivity index (χ1) is 6.74. The lowest BCUT2D eigenvalue weighted by Gasteiger charge is -2.08. The number of aliphatic hydroxyl groups excluding tert-OH is 1. The molecule has 1 aromatic rings. The Labute approximate surface area is 84.5 Å². The van der Waals surface area contributed by atoms with Gasteiger partial charge in [0.1, 0.15) is 5.82 Å². The second kappa shape index (κ2) is 5.50. The molecule has 1 atom stereocenters. The molecule has 0 bridgehead atoms. The van der Waals surface area contributed by atoms with Crippen molar-refractivity contribution in [1.29, 1.82) is 0 Å². The Hall–Kier alpha value is -1.22. The first-order valence-corrected chi connectivity index (χ1v) is 4.82. The summed E-state index contributed by atoms with van der Waals surface area (Å²) >= 11 is 0. The number of hydrogen-bond acceptors (Lipinski definition) is 3. The van der Waals surface area contributed by atoms with Crippen molar-refractivity contribution in [2.24, 2.45) is 0 Å². The monoisotopic (exact) mass is 192 g/mol. The molecule has 1 aromatic heterocycles. The molecule has 0 amide bonds. The first kappa shape index (κ1) is 10.9. The van der Waals surface area contributed by atoms with Gasteiger partial charge in [0.25, 0.3) is 0 Å². The molecule has 3 nitrogen and oxygen atoms in total. The highest BCUT2D eigenvalue weighted by molar-refractivity contribution is 5.04.